The molecular formula is C18H18Cl2N4O. The molecule has 3 N–H and O–H groups in total. The number of hydrogen-bond acceptors (Lipinski definition) is 3. The van der Waals surface area contributed by atoms with E-state index in [2.05, 4.69) is 10.4 Å². The van der Waals surface area contributed by atoms with Crippen LogP contribution in [0.25, 0.3) is 0 Å². The van der Waals surface area contributed by atoms with Crippen molar-refractivity contribution in [3.8, 4) is 5.75 Å². The first kappa shape index (κ1) is 17.6. The number of guanidine groups is 1. The van der Waals surface area contributed by atoms with Crippen LogP contribution in [0, 0.1) is 11.3 Å². The van der Waals surface area contributed by atoms with Crippen LogP contribution in [-0.2, 0) is 6.54 Å². The molecule has 3 rings (SSSR count). The van der Waals surface area contributed by atoms with Crippen molar-refractivity contribution in [3.05, 3.63) is 63.6 Å². The summed E-state index contributed by atoms with van der Waals surface area (Å²) in [6.45, 7) is 3.05. The second kappa shape index (κ2) is 7.33. The molecule has 0 bridgehead atoms. The molecule has 1 aliphatic heterocycles. The van der Waals surface area contributed by atoms with Crippen LogP contribution in [0.3, 0.4) is 0 Å². The Balaban J connectivity index is 1.68. The van der Waals surface area contributed by atoms with Crippen LogP contribution in [0.1, 0.15) is 18.1 Å². The third-order valence-electron chi connectivity index (χ3n) is 4.02. The van der Waals surface area contributed by atoms with Gasteiger partial charge in [0.25, 0.3) is 0 Å². The number of para-hydroxylation sites is 1. The van der Waals surface area contributed by atoms with Crippen molar-refractivity contribution < 1.29 is 5.11 Å². The largest absolute Gasteiger partial charge is 0.507 e. The number of rotatable bonds is 3. The van der Waals surface area contributed by atoms with Gasteiger partial charge in [-0.1, -0.05) is 48.3 Å². The highest BCUT2D eigenvalue weighted by atomic mass is 35.5. The summed E-state index contributed by atoms with van der Waals surface area (Å²) in [4.78, 5) is 0. The van der Waals surface area contributed by atoms with Crippen molar-refractivity contribution in [1.29, 1.82) is 5.41 Å². The van der Waals surface area contributed by atoms with Gasteiger partial charge in [0.1, 0.15) is 5.75 Å². The smallest absolute Gasteiger partial charge is 0.212 e. The molecule has 0 saturated carbocycles. The maximum atomic E-state index is 10.0. The number of halogens is 2. The zero-order valence-electron chi connectivity index (χ0n) is 13.6. The Kier molecular flexibility index (Phi) is 5.16. The van der Waals surface area contributed by atoms with Crippen LogP contribution in [0.5, 0.6) is 5.75 Å². The van der Waals surface area contributed by atoms with Gasteiger partial charge in [0, 0.05) is 18.0 Å². The summed E-state index contributed by atoms with van der Waals surface area (Å²) in [6.07, 6.45) is 0. The predicted molar refractivity (Wildman–Crippen MR) is 102 cm³/mol. The molecule has 2 aromatic carbocycles. The minimum atomic E-state index is 0.112. The standard InChI is InChI=1S/C18H18Cl2N4O/c1-11-10-24(23-17(11)13-4-2-3-5-16(13)25)18(21)22-9-12-6-7-14(19)15(20)8-12/h2-8,11,25H,9-10H2,1H3,(H2,21,22). The quantitative estimate of drug-likeness (QED) is 0.558. The Hall–Kier alpha value is -2.24. The molecule has 5 nitrogen and oxygen atoms in total. The summed E-state index contributed by atoms with van der Waals surface area (Å²) < 4.78 is 0. The molecule has 0 amide bonds. The lowest BCUT2D eigenvalue weighted by atomic mass is 9.99. The second-order valence-electron chi connectivity index (χ2n) is 5.94. The maximum absolute atomic E-state index is 10.0. The Bertz CT molecular complexity index is 838. The number of nitrogens with zero attached hydrogens (tertiary/aromatic N) is 2. The summed E-state index contributed by atoms with van der Waals surface area (Å²) >= 11 is 11.9. The molecular weight excluding hydrogens is 359 g/mol. The number of hydrazone groups is 1. The molecule has 130 valence electrons. The van der Waals surface area contributed by atoms with Crippen molar-refractivity contribution in [2.45, 2.75) is 13.5 Å². The molecule has 0 spiro atoms. The monoisotopic (exact) mass is 376 g/mol. The molecule has 1 atom stereocenters. The van der Waals surface area contributed by atoms with Gasteiger partial charge in [-0.05, 0) is 29.8 Å². The second-order valence-corrected chi connectivity index (χ2v) is 6.75. The van der Waals surface area contributed by atoms with E-state index in [4.69, 9.17) is 28.6 Å². The lowest BCUT2D eigenvalue weighted by Gasteiger charge is -2.17. The molecule has 2 aromatic rings. The number of hydrogen-bond donors (Lipinski definition) is 3. The molecule has 25 heavy (non-hydrogen) atoms. The van der Waals surface area contributed by atoms with Gasteiger partial charge in [-0.15, -0.1) is 0 Å². The minimum absolute atomic E-state index is 0.112. The van der Waals surface area contributed by atoms with Crippen molar-refractivity contribution in [2.24, 2.45) is 11.0 Å². The normalized spacial score (nSPS) is 16.7. The number of aromatic hydroxyl groups is 1. The minimum Gasteiger partial charge on any atom is -0.507 e. The summed E-state index contributed by atoms with van der Waals surface area (Å²) in [5, 5.41) is 28.4. The third-order valence-corrected chi connectivity index (χ3v) is 4.76. The van der Waals surface area contributed by atoms with Crippen LogP contribution in [0.4, 0.5) is 0 Å². The first-order valence-corrected chi connectivity index (χ1v) is 8.62. The van der Waals surface area contributed by atoms with Gasteiger partial charge in [0.2, 0.25) is 5.96 Å². The Labute approximate surface area is 156 Å². The molecule has 0 aromatic heterocycles. The van der Waals surface area contributed by atoms with E-state index in [1.54, 1.807) is 29.3 Å². The lowest BCUT2D eigenvalue weighted by Crippen LogP contribution is -2.36. The fourth-order valence-corrected chi connectivity index (χ4v) is 3.01. The number of nitrogens with one attached hydrogen (secondary N) is 2. The van der Waals surface area contributed by atoms with Gasteiger partial charge in [0.15, 0.2) is 0 Å². The van der Waals surface area contributed by atoms with Crippen molar-refractivity contribution in [3.63, 3.8) is 0 Å². The van der Waals surface area contributed by atoms with Gasteiger partial charge in [-0.25, -0.2) is 5.01 Å². The highest BCUT2D eigenvalue weighted by Gasteiger charge is 2.27. The van der Waals surface area contributed by atoms with E-state index < -0.39 is 0 Å². The summed E-state index contributed by atoms with van der Waals surface area (Å²) in [5.41, 5.74) is 2.41. The zero-order chi connectivity index (χ0) is 18.0. The van der Waals surface area contributed by atoms with Gasteiger partial charge >= 0.3 is 0 Å². The third kappa shape index (κ3) is 3.89. The summed E-state index contributed by atoms with van der Waals surface area (Å²) in [6, 6.07) is 12.5. The molecule has 0 fully saturated rings. The SMILES string of the molecule is CC1CN(C(=N)NCc2ccc(Cl)c(Cl)c2)N=C1c1ccccc1O. The fraction of sp³-hybridized carbons (Fsp3) is 0.222. The van der Waals surface area contributed by atoms with Crippen LogP contribution in [0.2, 0.25) is 10.0 Å². The van der Waals surface area contributed by atoms with E-state index in [0.717, 1.165) is 11.3 Å². The average Bonchev–Trinajstić information content (AvgIpc) is 2.98. The topological polar surface area (TPSA) is 71.7 Å². The summed E-state index contributed by atoms with van der Waals surface area (Å²) in [7, 11) is 0. The zero-order valence-corrected chi connectivity index (χ0v) is 15.1. The number of benzene rings is 2. The van der Waals surface area contributed by atoms with Crippen molar-refractivity contribution in [2.75, 3.05) is 6.54 Å². The van der Waals surface area contributed by atoms with Crippen molar-refractivity contribution >= 4 is 34.9 Å². The van der Waals surface area contributed by atoms with Crippen LogP contribution in [0.15, 0.2) is 47.6 Å². The van der Waals surface area contributed by atoms with E-state index in [1.807, 2.05) is 25.1 Å². The molecule has 0 radical (unpaired) electrons. The molecule has 1 heterocycles. The van der Waals surface area contributed by atoms with E-state index in [0.29, 0.717) is 28.7 Å². The Morgan fingerprint density at radius 1 is 1.28 bits per heavy atom. The van der Waals surface area contributed by atoms with Crippen LogP contribution >= 0.6 is 23.2 Å². The molecule has 0 aliphatic carbocycles. The molecule has 0 saturated heterocycles. The number of phenols is 1. The van der Waals surface area contributed by atoms with Crippen LogP contribution < -0.4 is 5.32 Å². The highest BCUT2D eigenvalue weighted by molar-refractivity contribution is 6.42. The van der Waals surface area contributed by atoms with E-state index in [1.165, 1.54) is 0 Å². The average molecular weight is 377 g/mol. The van der Waals surface area contributed by atoms with E-state index in [9.17, 15) is 5.11 Å². The predicted octanol–water partition coefficient (Wildman–Crippen LogP) is 4.08. The number of phenolic OH excluding ortho intramolecular Hbond substituents is 1. The Morgan fingerprint density at radius 3 is 2.76 bits per heavy atom. The molecule has 1 unspecified atom stereocenters. The van der Waals surface area contributed by atoms with E-state index in [-0.39, 0.29) is 17.6 Å². The van der Waals surface area contributed by atoms with Crippen LogP contribution in [-0.4, -0.2) is 28.3 Å². The van der Waals surface area contributed by atoms with Gasteiger partial charge in [-0.3, -0.25) is 5.41 Å². The highest BCUT2D eigenvalue weighted by Crippen LogP contribution is 2.25. The maximum Gasteiger partial charge on any atom is 0.212 e. The fourth-order valence-electron chi connectivity index (χ4n) is 2.69. The summed E-state index contributed by atoms with van der Waals surface area (Å²) in [5.74, 6) is 0.508. The molecule has 7 heteroatoms. The van der Waals surface area contributed by atoms with Crippen molar-refractivity contribution in [1.82, 2.24) is 10.3 Å². The van der Waals surface area contributed by atoms with Gasteiger partial charge < -0.3 is 10.4 Å². The molecule has 1 aliphatic rings. The first-order valence-electron chi connectivity index (χ1n) is 7.86. The Morgan fingerprint density at radius 2 is 2.04 bits per heavy atom. The van der Waals surface area contributed by atoms with E-state index >= 15 is 0 Å². The first-order chi connectivity index (χ1) is 12.0. The van der Waals surface area contributed by atoms with Gasteiger partial charge in [0.05, 0.1) is 22.3 Å². The van der Waals surface area contributed by atoms with Gasteiger partial charge in [-0.2, -0.15) is 5.10 Å². The lowest BCUT2D eigenvalue weighted by molar-refractivity contribution is 0.434.